The molecule has 0 heterocycles. The summed E-state index contributed by atoms with van der Waals surface area (Å²) in [6, 6.07) is 0. The number of Topliss-reactive ketones (excluding diaryl/α,β-unsaturated/α-hetero) is 1. The van der Waals surface area contributed by atoms with Gasteiger partial charge >= 0.3 is 7.32 Å². The minimum absolute atomic E-state index is 0.179. The number of aliphatic hydroxyl groups excluding tert-OH is 7. The van der Waals surface area contributed by atoms with Crippen LogP contribution in [0.1, 0.15) is 0 Å². The Hall–Kier alpha value is -0.995. The number of hydrogen-bond donors (Lipinski definition) is 9. The normalized spacial score (nSPS) is 20.7. The molecule has 0 amide bonds. The zero-order valence-corrected chi connectivity index (χ0v) is 11.7. The molecule has 0 radical (unpaired) electrons. The number of aliphatic hydroxyl groups is 7. The molecule has 0 bridgehead atoms. The summed E-state index contributed by atoms with van der Waals surface area (Å²) in [6.45, 7) is -0.993. The van der Waals surface area contributed by atoms with Gasteiger partial charge in [-0.15, -0.1) is 0 Å². The first-order chi connectivity index (χ1) is 10.6. The van der Waals surface area contributed by atoms with E-state index in [1.165, 1.54) is 0 Å². The lowest BCUT2D eigenvalue weighted by molar-refractivity contribution is -0.165. The predicted molar refractivity (Wildman–Crippen MR) is 69.3 cm³/mol. The lowest BCUT2D eigenvalue weighted by Crippen LogP contribution is -2.55. The van der Waals surface area contributed by atoms with Crippen molar-refractivity contribution in [2.75, 3.05) is 6.61 Å². The zero-order chi connectivity index (χ0) is 18.3. The fourth-order valence-electron chi connectivity index (χ4n) is 1.55. The molecule has 134 valence electrons. The summed E-state index contributed by atoms with van der Waals surface area (Å²) in [7, 11) is -2.51. The summed E-state index contributed by atoms with van der Waals surface area (Å²) >= 11 is 0. The van der Waals surface area contributed by atoms with Crippen molar-refractivity contribution in [3.8, 4) is 0 Å². The van der Waals surface area contributed by atoms with Gasteiger partial charge in [-0.05, 0) is 0 Å². The average molecular weight is 342 g/mol. The molecule has 12 nitrogen and oxygen atoms in total. The van der Waals surface area contributed by atoms with Crippen LogP contribution in [0.2, 0.25) is 0 Å². The highest BCUT2D eigenvalue weighted by molar-refractivity contribution is 6.33. The maximum absolute atomic E-state index is 11.7. The van der Waals surface area contributed by atoms with E-state index in [0.29, 0.717) is 0 Å². The van der Waals surface area contributed by atoms with Gasteiger partial charge in [0, 0.05) is 0 Å². The van der Waals surface area contributed by atoms with Crippen LogP contribution in [0.25, 0.3) is 0 Å². The Labute approximate surface area is 130 Å². The van der Waals surface area contributed by atoms with E-state index in [4.69, 9.17) is 20.3 Å². The van der Waals surface area contributed by atoms with E-state index < -0.39 is 62.4 Å². The highest BCUT2D eigenvalue weighted by Gasteiger charge is 2.41. The van der Waals surface area contributed by atoms with Gasteiger partial charge in [0.2, 0.25) is 0 Å². The van der Waals surface area contributed by atoms with Gasteiger partial charge < -0.3 is 55.2 Å². The Morgan fingerprint density at radius 2 is 1.48 bits per heavy atom. The predicted octanol–water partition coefficient (Wildman–Crippen LogP) is -6.73. The number of aldehydes is 1. The van der Waals surface area contributed by atoms with Crippen LogP contribution in [0, 0.1) is 0 Å². The van der Waals surface area contributed by atoms with Crippen molar-refractivity contribution in [3.63, 3.8) is 0 Å². The summed E-state index contributed by atoms with van der Waals surface area (Å²) in [5, 5.41) is 82.1. The lowest BCUT2D eigenvalue weighted by atomic mass is 9.94. The smallest absolute Gasteiger partial charge is 0.402 e. The van der Waals surface area contributed by atoms with Crippen molar-refractivity contribution >= 4 is 19.4 Å². The first kappa shape index (κ1) is 22.0. The molecule has 0 aromatic carbocycles. The Kier molecular flexibility index (Phi) is 9.56. The molecule has 0 saturated carbocycles. The quantitative estimate of drug-likeness (QED) is 0.126. The van der Waals surface area contributed by atoms with Crippen molar-refractivity contribution in [2.24, 2.45) is 0 Å². The first-order valence-electron chi connectivity index (χ1n) is 6.28. The van der Waals surface area contributed by atoms with Gasteiger partial charge in [-0.25, -0.2) is 0 Å². The topological polar surface area (TPSA) is 225 Å². The van der Waals surface area contributed by atoms with E-state index >= 15 is 0 Å². The van der Waals surface area contributed by atoms with E-state index in [1.807, 2.05) is 0 Å². The number of ketones is 1. The molecular weight excluding hydrogens is 323 g/mol. The van der Waals surface area contributed by atoms with E-state index in [0.717, 1.165) is 0 Å². The molecule has 0 aliphatic rings. The average Bonchev–Trinajstić information content (AvgIpc) is 2.54. The van der Waals surface area contributed by atoms with E-state index in [9.17, 15) is 35.1 Å². The number of carbonyl (C=O) groups excluding carboxylic acids is 2. The van der Waals surface area contributed by atoms with Crippen LogP contribution in [-0.4, -0.2) is 115 Å². The minimum atomic E-state index is -2.53. The van der Waals surface area contributed by atoms with Crippen molar-refractivity contribution in [3.05, 3.63) is 0 Å². The first-order valence-corrected chi connectivity index (χ1v) is 6.28. The molecule has 0 aromatic rings. The van der Waals surface area contributed by atoms with E-state index in [-0.39, 0.29) is 6.29 Å². The summed E-state index contributed by atoms with van der Waals surface area (Å²) < 4.78 is 4.07. The Morgan fingerprint density at radius 1 is 0.957 bits per heavy atom. The second-order valence-electron chi connectivity index (χ2n) is 4.58. The Morgan fingerprint density at radius 3 is 1.87 bits per heavy atom. The molecular formula is C10H19BO12. The third-order valence-electron chi connectivity index (χ3n) is 2.91. The van der Waals surface area contributed by atoms with Crippen LogP contribution >= 0.6 is 0 Å². The van der Waals surface area contributed by atoms with Crippen LogP contribution in [0.4, 0.5) is 0 Å². The second-order valence-corrected chi connectivity index (χ2v) is 4.58. The largest absolute Gasteiger partial charge is 0.634 e. The van der Waals surface area contributed by atoms with Crippen molar-refractivity contribution in [1.82, 2.24) is 0 Å². The molecule has 7 unspecified atom stereocenters. The third kappa shape index (κ3) is 6.19. The summed E-state index contributed by atoms with van der Waals surface area (Å²) in [5.41, 5.74) is 0. The van der Waals surface area contributed by atoms with Gasteiger partial charge in [0.1, 0.15) is 49.0 Å². The number of hydrogen-bond acceptors (Lipinski definition) is 12. The molecule has 0 rings (SSSR count). The number of rotatable bonds is 11. The second kappa shape index (κ2) is 9.99. The molecule has 0 fully saturated rings. The Bertz CT molecular complexity index is 379. The fourth-order valence-corrected chi connectivity index (χ4v) is 1.55. The van der Waals surface area contributed by atoms with Crippen molar-refractivity contribution in [1.29, 1.82) is 0 Å². The van der Waals surface area contributed by atoms with Gasteiger partial charge in [0.05, 0.1) is 6.61 Å². The van der Waals surface area contributed by atoms with E-state index in [2.05, 4.69) is 4.65 Å². The van der Waals surface area contributed by atoms with Gasteiger partial charge in [-0.3, -0.25) is 4.79 Å². The van der Waals surface area contributed by atoms with Gasteiger partial charge in [0.25, 0.3) is 0 Å². The van der Waals surface area contributed by atoms with Crippen LogP contribution < -0.4 is 0 Å². The minimum Gasteiger partial charge on any atom is -0.402 e. The Balaban J connectivity index is 4.94. The van der Waals surface area contributed by atoms with Gasteiger partial charge in [-0.2, -0.15) is 0 Å². The summed E-state index contributed by atoms with van der Waals surface area (Å²) in [5.74, 6) is -1.64. The lowest BCUT2D eigenvalue weighted by Gasteiger charge is -2.29. The molecule has 23 heavy (non-hydrogen) atoms. The molecule has 13 heteroatoms. The molecule has 0 spiro atoms. The molecule has 0 aliphatic carbocycles. The zero-order valence-electron chi connectivity index (χ0n) is 11.7. The monoisotopic (exact) mass is 342 g/mol. The van der Waals surface area contributed by atoms with Crippen molar-refractivity contribution in [2.45, 2.75) is 42.7 Å². The highest BCUT2D eigenvalue weighted by Crippen LogP contribution is 2.12. The van der Waals surface area contributed by atoms with Crippen LogP contribution in [0.5, 0.6) is 0 Å². The molecule has 7 atom stereocenters. The maximum atomic E-state index is 11.7. The standard InChI is InChI=1S/C10H19BO12/c12-1-3(14)5(15)7(17)9(19)10(20)8(18)6(16)4(2-13)23-11(21)22/h2-7,9-10,12,14-17,19-22H,1H2. The third-order valence-corrected chi connectivity index (χ3v) is 2.91. The van der Waals surface area contributed by atoms with Gasteiger partial charge in [-0.1, -0.05) is 0 Å². The highest BCUT2D eigenvalue weighted by atomic mass is 16.6. The molecule has 0 saturated heterocycles. The molecule has 9 N–H and O–H groups in total. The van der Waals surface area contributed by atoms with Crippen LogP contribution in [0.3, 0.4) is 0 Å². The van der Waals surface area contributed by atoms with Crippen LogP contribution in [-0.2, 0) is 14.2 Å². The summed E-state index contributed by atoms with van der Waals surface area (Å²) in [6.07, 6.45) is -15.9. The van der Waals surface area contributed by atoms with Crippen molar-refractivity contribution < 1.29 is 60.0 Å². The number of carbonyl (C=O) groups is 2. The van der Waals surface area contributed by atoms with E-state index in [1.54, 1.807) is 0 Å². The SMILES string of the molecule is O=CC(OB(O)O)C(O)C(=O)C(O)C(O)C(O)C(O)C(O)CO. The fraction of sp³-hybridized carbons (Fsp3) is 0.800. The summed E-state index contributed by atoms with van der Waals surface area (Å²) in [4.78, 5) is 22.3. The molecule has 0 aromatic heterocycles. The maximum Gasteiger partial charge on any atom is 0.634 e. The molecule has 0 aliphatic heterocycles. The van der Waals surface area contributed by atoms with Crippen LogP contribution in [0.15, 0.2) is 0 Å². The van der Waals surface area contributed by atoms with Gasteiger partial charge in [0.15, 0.2) is 5.78 Å².